The number of aromatic nitrogens is 3. The standard InChI is InChI=1S/C13H17N5OS.ClH/c1-8(7-14)18(3)13(19)10-9(2)17-12(20-10)11-15-5-4-6-16-11;/h4-6,8H,7,14H2,1-3H3;1H. The number of carbonyl (C=O) groups is 1. The van der Waals surface area contributed by atoms with Crippen molar-refractivity contribution >= 4 is 29.7 Å². The number of halogens is 1. The predicted molar refractivity (Wildman–Crippen MR) is 85.7 cm³/mol. The first-order valence-corrected chi connectivity index (χ1v) is 7.08. The molecule has 0 saturated heterocycles. The number of hydrogen-bond acceptors (Lipinski definition) is 6. The molecule has 1 unspecified atom stereocenters. The number of carbonyl (C=O) groups excluding carboxylic acids is 1. The van der Waals surface area contributed by atoms with E-state index >= 15 is 0 Å². The Morgan fingerprint density at radius 1 is 1.43 bits per heavy atom. The topological polar surface area (TPSA) is 85.0 Å². The largest absolute Gasteiger partial charge is 0.337 e. The molecule has 6 nitrogen and oxygen atoms in total. The van der Waals surface area contributed by atoms with Gasteiger partial charge in [0.05, 0.1) is 5.69 Å². The molecule has 0 aliphatic rings. The van der Waals surface area contributed by atoms with Crippen molar-refractivity contribution in [2.24, 2.45) is 5.73 Å². The van der Waals surface area contributed by atoms with Crippen LogP contribution in [0.25, 0.3) is 10.8 Å². The van der Waals surface area contributed by atoms with Crippen molar-refractivity contribution < 1.29 is 4.79 Å². The summed E-state index contributed by atoms with van der Waals surface area (Å²) in [6.07, 6.45) is 3.31. The van der Waals surface area contributed by atoms with Crippen molar-refractivity contribution in [3.63, 3.8) is 0 Å². The van der Waals surface area contributed by atoms with Crippen molar-refractivity contribution in [3.8, 4) is 10.8 Å². The van der Waals surface area contributed by atoms with Gasteiger partial charge in [0.1, 0.15) is 4.88 Å². The minimum absolute atomic E-state index is 0. The van der Waals surface area contributed by atoms with Crippen molar-refractivity contribution in [3.05, 3.63) is 29.0 Å². The van der Waals surface area contributed by atoms with Gasteiger partial charge in [0, 0.05) is 32.0 Å². The summed E-state index contributed by atoms with van der Waals surface area (Å²) in [6.45, 7) is 4.15. The van der Waals surface area contributed by atoms with Crippen LogP contribution in [-0.4, -0.2) is 45.4 Å². The minimum atomic E-state index is -0.0693. The van der Waals surface area contributed by atoms with Crippen LogP contribution >= 0.6 is 23.7 Å². The normalized spacial score (nSPS) is 11.6. The average molecular weight is 328 g/mol. The number of hydrogen-bond donors (Lipinski definition) is 1. The van der Waals surface area contributed by atoms with E-state index in [0.717, 1.165) is 0 Å². The summed E-state index contributed by atoms with van der Waals surface area (Å²) >= 11 is 1.31. The van der Waals surface area contributed by atoms with Gasteiger partial charge in [-0.25, -0.2) is 15.0 Å². The third-order valence-corrected chi connectivity index (χ3v) is 4.21. The van der Waals surface area contributed by atoms with Gasteiger partial charge in [-0.05, 0) is 19.9 Å². The third-order valence-electron chi connectivity index (χ3n) is 3.07. The Morgan fingerprint density at radius 2 is 2.05 bits per heavy atom. The molecule has 1 amide bonds. The maximum absolute atomic E-state index is 12.4. The van der Waals surface area contributed by atoms with Gasteiger partial charge in [-0.3, -0.25) is 4.79 Å². The van der Waals surface area contributed by atoms with Gasteiger partial charge in [-0.2, -0.15) is 0 Å². The molecule has 0 spiro atoms. The molecular formula is C13H18ClN5OS. The lowest BCUT2D eigenvalue weighted by atomic mass is 10.2. The SMILES string of the molecule is Cc1nc(-c2ncccn2)sc1C(=O)N(C)C(C)CN.Cl. The van der Waals surface area contributed by atoms with Gasteiger partial charge in [0.2, 0.25) is 0 Å². The van der Waals surface area contributed by atoms with Crippen LogP contribution in [0.1, 0.15) is 22.3 Å². The number of rotatable bonds is 4. The molecule has 1 atom stereocenters. The van der Waals surface area contributed by atoms with Crippen molar-refractivity contribution in [2.45, 2.75) is 19.9 Å². The summed E-state index contributed by atoms with van der Waals surface area (Å²) in [5, 5.41) is 0.653. The number of thiazole rings is 1. The Kier molecular flexibility index (Phi) is 6.19. The van der Waals surface area contributed by atoms with Gasteiger partial charge in [-0.1, -0.05) is 0 Å². The number of nitrogens with two attached hydrogens (primary N) is 1. The van der Waals surface area contributed by atoms with E-state index in [-0.39, 0.29) is 24.4 Å². The highest BCUT2D eigenvalue weighted by molar-refractivity contribution is 7.17. The number of nitrogens with zero attached hydrogens (tertiary/aromatic N) is 4. The Hall–Kier alpha value is -1.57. The molecule has 0 aliphatic carbocycles. The van der Waals surface area contributed by atoms with Crippen LogP contribution < -0.4 is 5.73 Å². The summed E-state index contributed by atoms with van der Waals surface area (Å²) in [4.78, 5) is 27.3. The van der Waals surface area contributed by atoms with Crippen LogP contribution in [0.15, 0.2) is 18.5 Å². The first-order chi connectivity index (χ1) is 9.54. The van der Waals surface area contributed by atoms with E-state index < -0.39 is 0 Å². The molecule has 0 fully saturated rings. The van der Waals surface area contributed by atoms with Crippen LogP contribution in [0.5, 0.6) is 0 Å². The van der Waals surface area contributed by atoms with Gasteiger partial charge in [-0.15, -0.1) is 23.7 Å². The van der Waals surface area contributed by atoms with Gasteiger partial charge < -0.3 is 10.6 Å². The molecule has 8 heteroatoms. The molecule has 2 aromatic rings. The number of aryl methyl sites for hydroxylation is 1. The second-order valence-electron chi connectivity index (χ2n) is 4.51. The molecular weight excluding hydrogens is 310 g/mol. The highest BCUT2D eigenvalue weighted by atomic mass is 35.5. The lowest BCUT2D eigenvalue weighted by Crippen LogP contribution is -2.39. The van der Waals surface area contributed by atoms with E-state index in [4.69, 9.17) is 5.73 Å². The Balaban J connectivity index is 0.00000220. The Morgan fingerprint density at radius 3 is 2.62 bits per heavy atom. The fourth-order valence-electron chi connectivity index (χ4n) is 1.62. The van der Waals surface area contributed by atoms with E-state index in [0.29, 0.717) is 27.9 Å². The monoisotopic (exact) mass is 327 g/mol. The van der Waals surface area contributed by atoms with E-state index in [2.05, 4.69) is 15.0 Å². The van der Waals surface area contributed by atoms with E-state index in [1.165, 1.54) is 11.3 Å². The summed E-state index contributed by atoms with van der Waals surface area (Å²) in [5.41, 5.74) is 6.29. The highest BCUT2D eigenvalue weighted by Crippen LogP contribution is 2.26. The first kappa shape index (κ1) is 17.5. The smallest absolute Gasteiger partial charge is 0.265 e. The van der Waals surface area contributed by atoms with Crippen LogP contribution in [0.3, 0.4) is 0 Å². The van der Waals surface area contributed by atoms with Crippen LogP contribution in [0.2, 0.25) is 0 Å². The second kappa shape index (κ2) is 7.44. The molecule has 21 heavy (non-hydrogen) atoms. The molecule has 2 rings (SSSR count). The first-order valence-electron chi connectivity index (χ1n) is 6.26. The van der Waals surface area contributed by atoms with Crippen LogP contribution in [0.4, 0.5) is 0 Å². The van der Waals surface area contributed by atoms with E-state index in [1.54, 1.807) is 30.4 Å². The lowest BCUT2D eigenvalue weighted by molar-refractivity contribution is 0.0752. The van der Waals surface area contributed by atoms with Crippen LogP contribution in [-0.2, 0) is 0 Å². The zero-order valence-corrected chi connectivity index (χ0v) is 13.7. The zero-order valence-electron chi connectivity index (χ0n) is 12.1. The predicted octanol–water partition coefficient (Wildman–Crippen LogP) is 1.75. The fraction of sp³-hybridized carbons (Fsp3) is 0.385. The highest BCUT2D eigenvalue weighted by Gasteiger charge is 2.22. The van der Waals surface area contributed by atoms with Gasteiger partial charge >= 0.3 is 0 Å². The molecule has 2 heterocycles. The van der Waals surface area contributed by atoms with Crippen molar-refractivity contribution in [2.75, 3.05) is 13.6 Å². The molecule has 2 N–H and O–H groups in total. The van der Waals surface area contributed by atoms with E-state index in [9.17, 15) is 4.79 Å². The summed E-state index contributed by atoms with van der Waals surface area (Å²) in [6, 6.07) is 1.73. The van der Waals surface area contributed by atoms with Crippen molar-refractivity contribution in [1.82, 2.24) is 19.9 Å². The molecule has 2 aromatic heterocycles. The van der Waals surface area contributed by atoms with Crippen LogP contribution in [0, 0.1) is 6.92 Å². The maximum atomic E-state index is 12.4. The summed E-state index contributed by atoms with van der Waals surface area (Å²) in [5.74, 6) is 0.467. The molecule has 0 aromatic carbocycles. The Labute approximate surface area is 133 Å². The molecule has 114 valence electrons. The lowest BCUT2D eigenvalue weighted by Gasteiger charge is -2.23. The quantitative estimate of drug-likeness (QED) is 0.924. The summed E-state index contributed by atoms with van der Waals surface area (Å²) < 4.78 is 0. The fourth-order valence-corrected chi connectivity index (χ4v) is 2.62. The maximum Gasteiger partial charge on any atom is 0.265 e. The minimum Gasteiger partial charge on any atom is -0.337 e. The molecule has 0 radical (unpaired) electrons. The molecule has 0 saturated carbocycles. The average Bonchev–Trinajstić information content (AvgIpc) is 2.87. The van der Waals surface area contributed by atoms with Crippen molar-refractivity contribution in [1.29, 1.82) is 0 Å². The third kappa shape index (κ3) is 3.75. The number of amides is 1. The molecule has 0 bridgehead atoms. The van der Waals surface area contributed by atoms with E-state index in [1.807, 2.05) is 13.8 Å². The zero-order chi connectivity index (χ0) is 14.7. The summed E-state index contributed by atoms with van der Waals surface area (Å²) in [7, 11) is 1.75. The van der Waals surface area contributed by atoms with Gasteiger partial charge in [0.15, 0.2) is 10.8 Å². The Bertz CT molecular complexity index is 604. The molecule has 0 aliphatic heterocycles. The number of likely N-dealkylation sites (N-methyl/N-ethyl adjacent to an activating group) is 1. The second-order valence-corrected chi connectivity index (χ2v) is 5.51. The van der Waals surface area contributed by atoms with Gasteiger partial charge in [0.25, 0.3) is 5.91 Å².